The molecule has 1 atom stereocenters. The molecule has 0 radical (unpaired) electrons. The molecule has 7 heteroatoms. The lowest BCUT2D eigenvalue weighted by Crippen LogP contribution is -2.39. The minimum Gasteiger partial charge on any atom is -0.509 e. The fourth-order valence-electron chi connectivity index (χ4n) is 3.08. The molecule has 4 rings (SSSR count). The number of imide groups is 1. The second-order valence-corrected chi connectivity index (χ2v) is 7.09. The first-order valence-corrected chi connectivity index (χ1v) is 9.00. The number of aromatic nitrogens is 1. The van der Waals surface area contributed by atoms with Gasteiger partial charge in [-0.1, -0.05) is 24.3 Å². The third-order valence-corrected chi connectivity index (χ3v) is 5.54. The van der Waals surface area contributed by atoms with E-state index in [4.69, 9.17) is 0 Å². The molecule has 0 saturated carbocycles. The number of hydrogen-bond donors (Lipinski definition) is 1. The summed E-state index contributed by atoms with van der Waals surface area (Å²) < 4.78 is 0.876. The van der Waals surface area contributed by atoms with Crippen LogP contribution in [0.4, 0.5) is 0 Å². The molecule has 2 aromatic carbocycles. The van der Waals surface area contributed by atoms with Crippen molar-refractivity contribution in [2.24, 2.45) is 0 Å². The molecule has 27 heavy (non-hydrogen) atoms. The van der Waals surface area contributed by atoms with Crippen LogP contribution in [-0.2, 0) is 0 Å². The molecule has 0 aliphatic carbocycles. The van der Waals surface area contributed by atoms with Crippen LogP contribution in [-0.4, -0.2) is 32.8 Å². The lowest BCUT2D eigenvalue weighted by Gasteiger charge is -2.22. The zero-order valence-electron chi connectivity index (χ0n) is 14.2. The van der Waals surface area contributed by atoms with E-state index in [1.807, 2.05) is 30.3 Å². The number of amides is 2. The summed E-state index contributed by atoms with van der Waals surface area (Å²) in [6, 6.07) is 14.9. The van der Waals surface area contributed by atoms with Gasteiger partial charge in [-0.15, -0.1) is 11.3 Å². The number of allylic oxidation sites excluding steroid dienone is 1. The van der Waals surface area contributed by atoms with Crippen LogP contribution in [0.2, 0.25) is 0 Å². The van der Waals surface area contributed by atoms with Crippen LogP contribution in [0.3, 0.4) is 0 Å². The van der Waals surface area contributed by atoms with Gasteiger partial charge in [-0.2, -0.15) is 5.26 Å². The zero-order chi connectivity index (χ0) is 19.1. The van der Waals surface area contributed by atoms with Crippen LogP contribution < -0.4 is 0 Å². The quantitative estimate of drug-likeness (QED) is 0.427. The van der Waals surface area contributed by atoms with Gasteiger partial charge < -0.3 is 5.11 Å². The van der Waals surface area contributed by atoms with Crippen LogP contribution in [0, 0.1) is 11.3 Å². The van der Waals surface area contributed by atoms with Gasteiger partial charge >= 0.3 is 0 Å². The van der Waals surface area contributed by atoms with E-state index in [1.54, 1.807) is 24.3 Å². The van der Waals surface area contributed by atoms with E-state index in [1.165, 1.54) is 18.3 Å². The fraction of sp³-hybridized carbons (Fsp3) is 0.100. The van der Waals surface area contributed by atoms with Gasteiger partial charge in [-0.05, 0) is 31.2 Å². The van der Waals surface area contributed by atoms with Gasteiger partial charge in [0.25, 0.3) is 11.8 Å². The summed E-state index contributed by atoms with van der Waals surface area (Å²) in [5.41, 5.74) is 1.26. The average Bonchev–Trinajstić information content (AvgIpc) is 3.21. The number of carbonyl (C=O) groups excluding carboxylic acids is 2. The first kappa shape index (κ1) is 16.9. The lowest BCUT2D eigenvalue weighted by atomic mass is 10.1. The third-order valence-electron chi connectivity index (χ3n) is 4.48. The third kappa shape index (κ3) is 2.58. The molecular formula is C20H13N3O3S. The van der Waals surface area contributed by atoms with Crippen molar-refractivity contribution in [3.05, 3.63) is 70.4 Å². The topological polar surface area (TPSA) is 94.3 Å². The molecule has 0 unspecified atom stereocenters. The van der Waals surface area contributed by atoms with Crippen molar-refractivity contribution in [1.82, 2.24) is 9.88 Å². The Morgan fingerprint density at radius 2 is 1.70 bits per heavy atom. The average molecular weight is 375 g/mol. The van der Waals surface area contributed by atoms with Crippen LogP contribution in [0.15, 0.2) is 54.3 Å². The summed E-state index contributed by atoms with van der Waals surface area (Å²) in [6.07, 6.45) is 0. The van der Waals surface area contributed by atoms with Crippen molar-refractivity contribution in [2.45, 2.75) is 13.0 Å². The van der Waals surface area contributed by atoms with E-state index in [9.17, 15) is 20.0 Å². The highest BCUT2D eigenvalue weighted by atomic mass is 32.1. The summed E-state index contributed by atoms with van der Waals surface area (Å²) in [7, 11) is 0. The number of hydrogen-bond acceptors (Lipinski definition) is 6. The molecular weight excluding hydrogens is 362 g/mol. The summed E-state index contributed by atoms with van der Waals surface area (Å²) >= 11 is 1.27. The Hall–Kier alpha value is -3.50. The number of nitriles is 1. The largest absolute Gasteiger partial charge is 0.509 e. The highest BCUT2D eigenvalue weighted by Crippen LogP contribution is 2.32. The second-order valence-electron chi connectivity index (χ2n) is 6.06. The fourth-order valence-corrected chi connectivity index (χ4v) is 4.05. The molecule has 6 nitrogen and oxygen atoms in total. The van der Waals surface area contributed by atoms with Gasteiger partial charge in [0.1, 0.15) is 22.4 Å². The molecule has 1 aromatic heterocycles. The van der Waals surface area contributed by atoms with Crippen molar-refractivity contribution in [3.63, 3.8) is 0 Å². The molecule has 1 aliphatic heterocycles. The first-order valence-electron chi connectivity index (χ1n) is 8.19. The van der Waals surface area contributed by atoms with Gasteiger partial charge in [0.2, 0.25) is 0 Å². The SMILES string of the molecule is C[C@@H](/C(O)=C(\C#N)c1nc2ccccc2s1)N1C(=O)c2ccccc2C1=O. The van der Waals surface area contributed by atoms with Crippen LogP contribution in [0.1, 0.15) is 32.6 Å². The van der Waals surface area contributed by atoms with E-state index >= 15 is 0 Å². The van der Waals surface area contributed by atoms with Gasteiger partial charge in [-0.25, -0.2) is 4.98 Å². The number of benzene rings is 2. The van der Waals surface area contributed by atoms with Crippen molar-refractivity contribution in [1.29, 1.82) is 5.26 Å². The Morgan fingerprint density at radius 1 is 1.11 bits per heavy atom. The molecule has 1 N–H and O–H groups in total. The number of nitrogens with zero attached hydrogens (tertiary/aromatic N) is 3. The van der Waals surface area contributed by atoms with Gasteiger partial charge in [0, 0.05) is 0 Å². The Kier molecular flexibility index (Phi) is 3.98. The first-order chi connectivity index (χ1) is 13.0. The Morgan fingerprint density at radius 3 is 2.30 bits per heavy atom. The molecule has 0 bridgehead atoms. The number of fused-ring (bicyclic) bond motifs is 2. The molecule has 0 fully saturated rings. The monoisotopic (exact) mass is 375 g/mol. The summed E-state index contributed by atoms with van der Waals surface area (Å²) in [4.78, 5) is 30.6. The Balaban J connectivity index is 1.76. The van der Waals surface area contributed by atoms with E-state index in [0.717, 1.165) is 9.60 Å². The minimum atomic E-state index is -0.987. The van der Waals surface area contributed by atoms with Crippen molar-refractivity contribution in [3.8, 4) is 6.07 Å². The van der Waals surface area contributed by atoms with Crippen LogP contribution in [0.5, 0.6) is 0 Å². The molecule has 2 heterocycles. The number of aliphatic hydroxyl groups excluding tert-OH is 1. The minimum absolute atomic E-state index is 0.0414. The predicted octanol–water partition coefficient (Wildman–Crippen LogP) is 3.77. The maximum absolute atomic E-state index is 12.6. The molecule has 2 amide bonds. The highest BCUT2D eigenvalue weighted by Gasteiger charge is 2.40. The molecule has 0 saturated heterocycles. The molecule has 0 spiro atoms. The van der Waals surface area contributed by atoms with E-state index in [-0.39, 0.29) is 11.3 Å². The van der Waals surface area contributed by atoms with Gasteiger partial charge in [-0.3, -0.25) is 14.5 Å². The Labute approximate surface area is 158 Å². The molecule has 1 aliphatic rings. The smallest absolute Gasteiger partial charge is 0.262 e. The molecule has 3 aromatic rings. The maximum atomic E-state index is 12.6. The van der Waals surface area contributed by atoms with E-state index < -0.39 is 17.9 Å². The number of para-hydroxylation sites is 1. The number of thiazole rings is 1. The normalized spacial score (nSPS) is 15.5. The Bertz CT molecular complexity index is 1100. The number of rotatable bonds is 3. The lowest BCUT2D eigenvalue weighted by molar-refractivity contribution is 0.0590. The summed E-state index contributed by atoms with van der Waals surface area (Å²) in [6.45, 7) is 1.52. The standard InChI is InChI=1S/C20H13N3O3S/c1-11(23-19(25)12-6-2-3-7-13(12)20(23)26)17(24)14(10-21)18-22-15-8-4-5-9-16(15)27-18/h2-9,11,24H,1H3/b17-14-/t11-/m0/s1. The van der Waals surface area contributed by atoms with Gasteiger partial charge in [0.15, 0.2) is 0 Å². The van der Waals surface area contributed by atoms with Crippen molar-refractivity contribution < 1.29 is 14.7 Å². The van der Waals surface area contributed by atoms with E-state index in [0.29, 0.717) is 21.7 Å². The van der Waals surface area contributed by atoms with Crippen LogP contribution in [0.25, 0.3) is 15.8 Å². The zero-order valence-corrected chi connectivity index (χ0v) is 15.0. The van der Waals surface area contributed by atoms with Gasteiger partial charge in [0.05, 0.1) is 27.4 Å². The predicted molar refractivity (Wildman–Crippen MR) is 101 cm³/mol. The molecule has 132 valence electrons. The van der Waals surface area contributed by atoms with Crippen molar-refractivity contribution in [2.75, 3.05) is 0 Å². The summed E-state index contributed by atoms with van der Waals surface area (Å²) in [5, 5.41) is 20.6. The van der Waals surface area contributed by atoms with E-state index in [2.05, 4.69) is 4.98 Å². The van der Waals surface area contributed by atoms with Crippen LogP contribution >= 0.6 is 11.3 Å². The summed E-state index contributed by atoms with van der Waals surface area (Å²) in [5.74, 6) is -1.33. The highest BCUT2D eigenvalue weighted by molar-refractivity contribution is 7.19. The van der Waals surface area contributed by atoms with Crippen molar-refractivity contribution >= 4 is 38.9 Å². The number of carbonyl (C=O) groups is 2. The maximum Gasteiger partial charge on any atom is 0.262 e. The number of aliphatic hydroxyl groups is 1. The second kappa shape index (κ2) is 6.34.